The molecule has 1 saturated heterocycles. The van der Waals surface area contributed by atoms with Crippen molar-refractivity contribution in [3.8, 4) is 6.07 Å². The fourth-order valence-corrected chi connectivity index (χ4v) is 2.07. The summed E-state index contributed by atoms with van der Waals surface area (Å²) >= 11 is 0. The molecule has 0 amide bonds. The molecular formula is C13H15N3O3. The fourth-order valence-electron chi connectivity index (χ4n) is 2.07. The van der Waals surface area contributed by atoms with Crippen LogP contribution in [0.3, 0.4) is 0 Å². The van der Waals surface area contributed by atoms with Crippen LogP contribution < -0.4 is 5.32 Å². The van der Waals surface area contributed by atoms with E-state index in [1.165, 1.54) is 0 Å². The van der Waals surface area contributed by atoms with Crippen LogP contribution in [0.15, 0.2) is 12.1 Å². The predicted octanol–water partition coefficient (Wildman–Crippen LogP) is 1.16. The molecule has 2 rings (SSSR count). The molecule has 0 aromatic carbocycles. The Labute approximate surface area is 111 Å². The number of carbonyl (C=O) groups is 1. The number of hydrogen-bond donors (Lipinski definition) is 2. The summed E-state index contributed by atoms with van der Waals surface area (Å²) in [5.74, 6) is -0.407. The van der Waals surface area contributed by atoms with Crippen molar-refractivity contribution in [2.75, 3.05) is 18.5 Å². The topological polar surface area (TPSA) is 95.2 Å². The van der Waals surface area contributed by atoms with Crippen molar-refractivity contribution >= 4 is 11.8 Å². The first-order chi connectivity index (χ1) is 8.95. The van der Waals surface area contributed by atoms with Crippen LogP contribution in [-0.4, -0.2) is 35.3 Å². The maximum Gasteiger partial charge on any atom is 0.313 e. The fraction of sp³-hybridized carbons (Fsp3) is 0.462. The lowest BCUT2D eigenvalue weighted by atomic mass is 9.85. The molecule has 2 atom stereocenters. The number of aliphatic carboxylic acids is 1. The highest BCUT2D eigenvalue weighted by molar-refractivity contribution is 5.76. The molecule has 1 aliphatic heterocycles. The summed E-state index contributed by atoms with van der Waals surface area (Å²) < 4.78 is 5.26. The average molecular weight is 261 g/mol. The Morgan fingerprint density at radius 1 is 1.68 bits per heavy atom. The van der Waals surface area contributed by atoms with Crippen molar-refractivity contribution in [2.45, 2.75) is 19.9 Å². The van der Waals surface area contributed by atoms with E-state index in [1.54, 1.807) is 26.0 Å². The summed E-state index contributed by atoms with van der Waals surface area (Å²) in [5.41, 5.74) is 0.210. The molecular weight excluding hydrogens is 246 g/mol. The van der Waals surface area contributed by atoms with E-state index in [0.717, 1.165) is 0 Å². The van der Waals surface area contributed by atoms with Crippen LogP contribution in [0.2, 0.25) is 0 Å². The lowest BCUT2D eigenvalue weighted by molar-refractivity contribution is -0.148. The number of carboxylic acids is 1. The summed E-state index contributed by atoms with van der Waals surface area (Å²) in [6.45, 7) is 3.89. The molecule has 6 heteroatoms. The molecule has 1 aliphatic rings. The second kappa shape index (κ2) is 4.86. The molecule has 0 radical (unpaired) electrons. The zero-order valence-electron chi connectivity index (χ0n) is 10.8. The largest absolute Gasteiger partial charge is 0.481 e. The molecule has 19 heavy (non-hydrogen) atoms. The average Bonchev–Trinajstić information content (AvgIpc) is 2.71. The first kappa shape index (κ1) is 13.3. The minimum Gasteiger partial charge on any atom is -0.481 e. The van der Waals surface area contributed by atoms with Gasteiger partial charge in [-0.25, -0.2) is 4.98 Å². The molecule has 2 unspecified atom stereocenters. The second-order valence-corrected chi connectivity index (χ2v) is 4.93. The zero-order valence-corrected chi connectivity index (χ0v) is 10.8. The molecule has 100 valence electrons. The van der Waals surface area contributed by atoms with Crippen molar-refractivity contribution in [3.63, 3.8) is 0 Å². The lowest BCUT2D eigenvalue weighted by Crippen LogP contribution is -2.43. The Kier molecular flexibility index (Phi) is 3.40. The molecule has 1 aromatic rings. The quantitative estimate of drug-likeness (QED) is 0.847. The van der Waals surface area contributed by atoms with E-state index >= 15 is 0 Å². The van der Waals surface area contributed by atoms with E-state index in [0.29, 0.717) is 23.7 Å². The molecule has 0 saturated carbocycles. The molecule has 2 N–H and O–H groups in total. The van der Waals surface area contributed by atoms with Crippen molar-refractivity contribution in [2.24, 2.45) is 5.41 Å². The third kappa shape index (κ3) is 2.51. The predicted molar refractivity (Wildman–Crippen MR) is 67.7 cm³/mol. The molecule has 1 fully saturated rings. The Morgan fingerprint density at radius 2 is 2.42 bits per heavy atom. The lowest BCUT2D eigenvalue weighted by Gasteiger charge is -2.26. The van der Waals surface area contributed by atoms with Gasteiger partial charge in [-0.1, -0.05) is 0 Å². The van der Waals surface area contributed by atoms with Crippen molar-refractivity contribution in [3.05, 3.63) is 23.4 Å². The van der Waals surface area contributed by atoms with Gasteiger partial charge < -0.3 is 15.2 Å². The molecule has 6 nitrogen and oxygen atoms in total. The van der Waals surface area contributed by atoms with Crippen LogP contribution >= 0.6 is 0 Å². The Hall–Kier alpha value is -2.13. The van der Waals surface area contributed by atoms with Gasteiger partial charge in [0.1, 0.15) is 11.2 Å². The van der Waals surface area contributed by atoms with Crippen LogP contribution in [-0.2, 0) is 9.53 Å². The van der Waals surface area contributed by atoms with E-state index in [2.05, 4.69) is 10.3 Å². The Balaban J connectivity index is 2.24. The first-order valence-corrected chi connectivity index (χ1v) is 5.92. The van der Waals surface area contributed by atoms with Crippen LogP contribution in [0.25, 0.3) is 0 Å². The number of carboxylic acid groups (broad SMARTS) is 1. The van der Waals surface area contributed by atoms with Gasteiger partial charge in [-0.15, -0.1) is 0 Å². The van der Waals surface area contributed by atoms with Crippen molar-refractivity contribution < 1.29 is 14.6 Å². The van der Waals surface area contributed by atoms with Gasteiger partial charge in [-0.2, -0.15) is 5.26 Å². The third-order valence-electron chi connectivity index (χ3n) is 3.35. The number of pyridine rings is 1. The van der Waals surface area contributed by atoms with Gasteiger partial charge in [0.15, 0.2) is 0 Å². The van der Waals surface area contributed by atoms with Crippen LogP contribution in [0.1, 0.15) is 18.2 Å². The minimum absolute atomic E-state index is 0.164. The van der Waals surface area contributed by atoms with Crippen molar-refractivity contribution in [1.29, 1.82) is 5.26 Å². The van der Waals surface area contributed by atoms with E-state index in [4.69, 9.17) is 10.00 Å². The van der Waals surface area contributed by atoms with Gasteiger partial charge in [-0.05, 0) is 26.0 Å². The highest BCUT2D eigenvalue weighted by Gasteiger charge is 2.46. The number of nitrogens with zero attached hydrogens (tertiary/aromatic N) is 2. The minimum atomic E-state index is -0.988. The summed E-state index contributed by atoms with van der Waals surface area (Å²) in [6, 6.07) is 4.96. The number of aryl methyl sites for hydroxylation is 1. The molecule has 0 aliphatic carbocycles. The highest BCUT2D eigenvalue weighted by Crippen LogP contribution is 2.31. The summed E-state index contributed by atoms with van der Waals surface area (Å²) in [6.07, 6.45) is 0. The number of ether oxygens (including phenoxy) is 1. The van der Waals surface area contributed by atoms with E-state index in [-0.39, 0.29) is 12.6 Å². The Bertz CT molecular complexity index is 553. The molecule has 0 spiro atoms. The van der Waals surface area contributed by atoms with Crippen LogP contribution in [0, 0.1) is 23.7 Å². The summed E-state index contributed by atoms with van der Waals surface area (Å²) in [5, 5.41) is 21.3. The summed E-state index contributed by atoms with van der Waals surface area (Å²) in [4.78, 5) is 15.6. The van der Waals surface area contributed by atoms with E-state index in [9.17, 15) is 9.90 Å². The molecule has 1 aromatic heterocycles. The van der Waals surface area contributed by atoms with Gasteiger partial charge in [0.25, 0.3) is 0 Å². The SMILES string of the molecule is Cc1cc(C#N)cc(NC2COCC2(C)C(=O)O)n1. The van der Waals surface area contributed by atoms with Crippen molar-refractivity contribution in [1.82, 2.24) is 4.98 Å². The monoisotopic (exact) mass is 261 g/mol. The van der Waals surface area contributed by atoms with Gasteiger partial charge in [0.05, 0.1) is 30.9 Å². The molecule has 0 bridgehead atoms. The molecule has 2 heterocycles. The smallest absolute Gasteiger partial charge is 0.313 e. The van der Waals surface area contributed by atoms with Crippen LogP contribution in [0.4, 0.5) is 5.82 Å². The standard InChI is InChI=1S/C13H15N3O3/c1-8-3-9(5-14)4-11(15-8)16-10-6-19-7-13(10,2)12(17)18/h3-4,10H,6-7H2,1-2H3,(H,15,16)(H,17,18). The van der Waals surface area contributed by atoms with E-state index < -0.39 is 11.4 Å². The summed E-state index contributed by atoms with van der Waals surface area (Å²) in [7, 11) is 0. The van der Waals surface area contributed by atoms with Gasteiger partial charge in [0, 0.05) is 5.69 Å². The maximum atomic E-state index is 11.3. The highest BCUT2D eigenvalue weighted by atomic mass is 16.5. The maximum absolute atomic E-state index is 11.3. The number of rotatable bonds is 3. The first-order valence-electron chi connectivity index (χ1n) is 5.92. The van der Waals surface area contributed by atoms with Crippen LogP contribution in [0.5, 0.6) is 0 Å². The number of aromatic nitrogens is 1. The van der Waals surface area contributed by atoms with Gasteiger partial charge in [-0.3, -0.25) is 4.79 Å². The van der Waals surface area contributed by atoms with Gasteiger partial charge >= 0.3 is 5.97 Å². The number of anilines is 1. The number of nitriles is 1. The second-order valence-electron chi connectivity index (χ2n) is 4.93. The normalized spacial score (nSPS) is 25.8. The zero-order chi connectivity index (χ0) is 14.0. The van der Waals surface area contributed by atoms with Gasteiger partial charge in [0.2, 0.25) is 0 Å². The number of hydrogen-bond acceptors (Lipinski definition) is 5. The van der Waals surface area contributed by atoms with E-state index in [1.807, 2.05) is 6.07 Å². The Morgan fingerprint density at radius 3 is 3.05 bits per heavy atom. The number of nitrogens with one attached hydrogen (secondary N) is 1. The third-order valence-corrected chi connectivity index (χ3v) is 3.35.